The number of sulfonamides is 1. The lowest BCUT2D eigenvalue weighted by molar-refractivity contribution is 0.331. The summed E-state index contributed by atoms with van der Waals surface area (Å²) in [5.74, 6) is 0.527. The molecular formula is C17H24N8O2S2. The van der Waals surface area contributed by atoms with Crippen LogP contribution < -0.4 is 5.32 Å². The van der Waals surface area contributed by atoms with Crippen LogP contribution in [-0.2, 0) is 10.0 Å². The molecule has 0 spiro atoms. The molecule has 1 fully saturated rings. The molecule has 3 aromatic heterocycles. The van der Waals surface area contributed by atoms with Gasteiger partial charge in [0.05, 0.1) is 18.6 Å². The topological polar surface area (TPSA) is 121 Å². The SMILES string of the molecule is CC(C)Sc1c(-c2cn[nH]c2)ncc2nc(NC3CCN(S(C)(=O)=O)CC3)nn12. The fraction of sp³-hybridized carbons (Fsp3) is 0.529. The van der Waals surface area contributed by atoms with E-state index in [0.29, 0.717) is 29.9 Å². The molecule has 1 saturated heterocycles. The molecule has 2 N–H and O–H groups in total. The second kappa shape index (κ2) is 7.92. The number of hydrogen-bond acceptors (Lipinski definition) is 8. The summed E-state index contributed by atoms with van der Waals surface area (Å²) in [6.07, 6.45) is 7.94. The van der Waals surface area contributed by atoms with Gasteiger partial charge in [-0.2, -0.15) is 10.1 Å². The maximum atomic E-state index is 11.7. The van der Waals surface area contributed by atoms with Gasteiger partial charge in [0.25, 0.3) is 0 Å². The van der Waals surface area contributed by atoms with Gasteiger partial charge >= 0.3 is 0 Å². The Hall–Kier alpha value is -2.18. The van der Waals surface area contributed by atoms with Gasteiger partial charge < -0.3 is 5.32 Å². The minimum absolute atomic E-state index is 0.132. The molecule has 0 atom stereocenters. The number of piperidine rings is 1. The van der Waals surface area contributed by atoms with Gasteiger partial charge in [-0.3, -0.25) is 5.10 Å². The van der Waals surface area contributed by atoms with E-state index < -0.39 is 10.0 Å². The quantitative estimate of drug-likeness (QED) is 0.562. The molecule has 4 heterocycles. The second-order valence-corrected chi connectivity index (χ2v) is 10.9. The minimum atomic E-state index is -3.13. The molecular weight excluding hydrogens is 412 g/mol. The summed E-state index contributed by atoms with van der Waals surface area (Å²) in [5, 5.41) is 16.1. The summed E-state index contributed by atoms with van der Waals surface area (Å²) in [5.41, 5.74) is 2.37. The van der Waals surface area contributed by atoms with Crippen LogP contribution in [0.1, 0.15) is 26.7 Å². The van der Waals surface area contributed by atoms with Crippen molar-refractivity contribution in [3.8, 4) is 11.3 Å². The van der Waals surface area contributed by atoms with Gasteiger partial charge in [0.1, 0.15) is 10.7 Å². The van der Waals surface area contributed by atoms with Crippen LogP contribution in [0.3, 0.4) is 0 Å². The zero-order valence-electron chi connectivity index (χ0n) is 16.5. The zero-order valence-corrected chi connectivity index (χ0v) is 18.2. The Kier molecular flexibility index (Phi) is 5.49. The third-order valence-electron chi connectivity index (χ3n) is 4.71. The lowest BCUT2D eigenvalue weighted by atomic mass is 10.1. The monoisotopic (exact) mass is 436 g/mol. The number of fused-ring (bicyclic) bond motifs is 1. The summed E-state index contributed by atoms with van der Waals surface area (Å²) < 4.78 is 26.7. The Morgan fingerprint density at radius 1 is 1.28 bits per heavy atom. The highest BCUT2D eigenvalue weighted by Gasteiger charge is 2.26. The molecule has 0 amide bonds. The number of aromatic amines is 1. The van der Waals surface area contributed by atoms with Gasteiger partial charge in [-0.25, -0.2) is 22.2 Å². The minimum Gasteiger partial charge on any atom is -0.350 e. The summed E-state index contributed by atoms with van der Waals surface area (Å²) in [4.78, 5) is 9.17. The largest absolute Gasteiger partial charge is 0.350 e. The third kappa shape index (κ3) is 4.38. The Labute approximate surface area is 173 Å². The van der Waals surface area contributed by atoms with Crippen molar-refractivity contribution in [3.05, 3.63) is 18.6 Å². The number of hydrogen-bond donors (Lipinski definition) is 2. The van der Waals surface area contributed by atoms with Crippen LogP contribution in [-0.4, -0.2) is 73.1 Å². The summed E-state index contributed by atoms with van der Waals surface area (Å²) in [6.45, 7) is 5.25. The molecule has 0 aromatic carbocycles. The Morgan fingerprint density at radius 2 is 2.03 bits per heavy atom. The van der Waals surface area contributed by atoms with Crippen molar-refractivity contribution in [1.29, 1.82) is 0 Å². The van der Waals surface area contributed by atoms with Crippen molar-refractivity contribution in [1.82, 2.24) is 34.1 Å². The van der Waals surface area contributed by atoms with E-state index >= 15 is 0 Å². The lowest BCUT2D eigenvalue weighted by Crippen LogP contribution is -2.41. The molecule has 1 aliphatic rings. The predicted octanol–water partition coefficient (Wildman–Crippen LogP) is 1.85. The van der Waals surface area contributed by atoms with E-state index in [4.69, 9.17) is 0 Å². The van der Waals surface area contributed by atoms with E-state index in [9.17, 15) is 8.42 Å². The second-order valence-electron chi connectivity index (χ2n) is 7.35. The number of rotatable bonds is 6. The maximum Gasteiger partial charge on any atom is 0.243 e. The lowest BCUT2D eigenvalue weighted by Gasteiger charge is -2.30. The van der Waals surface area contributed by atoms with Crippen molar-refractivity contribution < 1.29 is 8.42 Å². The highest BCUT2D eigenvalue weighted by molar-refractivity contribution is 7.99. The van der Waals surface area contributed by atoms with Gasteiger partial charge in [0.2, 0.25) is 16.0 Å². The number of nitrogens with one attached hydrogen (secondary N) is 2. The van der Waals surface area contributed by atoms with Crippen LogP contribution in [0.25, 0.3) is 16.9 Å². The summed E-state index contributed by atoms with van der Waals surface area (Å²) in [6, 6.07) is 0.132. The van der Waals surface area contributed by atoms with Gasteiger partial charge in [0, 0.05) is 36.1 Å². The van der Waals surface area contributed by atoms with Crippen LogP contribution in [0, 0.1) is 0 Å². The van der Waals surface area contributed by atoms with E-state index in [-0.39, 0.29) is 6.04 Å². The third-order valence-corrected chi connectivity index (χ3v) is 7.08. The van der Waals surface area contributed by atoms with Crippen molar-refractivity contribution in [2.24, 2.45) is 0 Å². The molecule has 0 aliphatic carbocycles. The fourth-order valence-electron chi connectivity index (χ4n) is 3.32. The smallest absolute Gasteiger partial charge is 0.243 e. The van der Waals surface area contributed by atoms with Crippen LogP contribution in [0.5, 0.6) is 0 Å². The number of aromatic nitrogens is 6. The molecule has 0 unspecified atom stereocenters. The predicted molar refractivity (Wildman–Crippen MR) is 112 cm³/mol. The normalized spacial score (nSPS) is 16.7. The zero-order chi connectivity index (χ0) is 20.6. The van der Waals surface area contributed by atoms with E-state index in [0.717, 1.165) is 29.1 Å². The Morgan fingerprint density at radius 3 is 2.66 bits per heavy atom. The highest BCUT2D eigenvalue weighted by Crippen LogP contribution is 2.32. The standard InChI is InChI=1S/C17H24N8O2S2/c1-11(2)28-16-15(12-8-19-20-9-12)18-10-14-22-17(23-25(14)16)21-13-4-6-24(7-5-13)29(3,26)27/h8-11,13H,4-7H2,1-3H3,(H,19,20)(H,21,23). The van der Waals surface area contributed by atoms with E-state index in [1.807, 2.05) is 10.7 Å². The maximum absolute atomic E-state index is 11.7. The molecule has 0 radical (unpaired) electrons. The summed E-state index contributed by atoms with van der Waals surface area (Å²) in [7, 11) is -3.13. The number of nitrogens with zero attached hydrogens (tertiary/aromatic N) is 6. The molecule has 4 rings (SSSR count). The van der Waals surface area contributed by atoms with Crippen molar-refractivity contribution in [2.45, 2.75) is 43.0 Å². The van der Waals surface area contributed by atoms with Crippen molar-refractivity contribution in [2.75, 3.05) is 24.7 Å². The molecule has 156 valence electrons. The van der Waals surface area contributed by atoms with Crippen LogP contribution in [0.2, 0.25) is 0 Å². The molecule has 0 bridgehead atoms. The van der Waals surface area contributed by atoms with Gasteiger partial charge in [-0.15, -0.1) is 16.9 Å². The molecule has 3 aromatic rings. The molecule has 10 nitrogen and oxygen atoms in total. The number of thioether (sulfide) groups is 1. The first-order valence-corrected chi connectivity index (χ1v) is 12.2. The average molecular weight is 437 g/mol. The molecule has 12 heteroatoms. The van der Waals surface area contributed by atoms with Gasteiger partial charge in [-0.1, -0.05) is 13.8 Å². The first-order valence-electron chi connectivity index (χ1n) is 9.44. The van der Waals surface area contributed by atoms with Crippen LogP contribution in [0.15, 0.2) is 23.6 Å². The van der Waals surface area contributed by atoms with Crippen LogP contribution >= 0.6 is 11.8 Å². The van der Waals surface area contributed by atoms with E-state index in [1.165, 1.54) is 10.6 Å². The Bertz CT molecular complexity index is 1090. The fourth-order valence-corrected chi connectivity index (χ4v) is 5.15. The van der Waals surface area contributed by atoms with Gasteiger partial charge in [0.15, 0.2) is 5.65 Å². The molecule has 1 aliphatic heterocycles. The molecule has 0 saturated carbocycles. The Balaban J connectivity index is 1.59. The van der Waals surface area contributed by atoms with Gasteiger partial charge in [-0.05, 0) is 12.8 Å². The van der Waals surface area contributed by atoms with E-state index in [2.05, 4.69) is 44.4 Å². The first-order chi connectivity index (χ1) is 13.8. The number of H-pyrrole nitrogens is 1. The average Bonchev–Trinajstić information content (AvgIpc) is 3.31. The van der Waals surface area contributed by atoms with Crippen LogP contribution in [0.4, 0.5) is 5.95 Å². The van der Waals surface area contributed by atoms with Crippen molar-refractivity contribution >= 4 is 33.4 Å². The first kappa shape index (κ1) is 20.1. The van der Waals surface area contributed by atoms with Crippen molar-refractivity contribution in [3.63, 3.8) is 0 Å². The number of anilines is 1. The summed E-state index contributed by atoms with van der Waals surface area (Å²) >= 11 is 1.67. The molecule has 29 heavy (non-hydrogen) atoms. The highest BCUT2D eigenvalue weighted by atomic mass is 32.2. The van der Waals surface area contributed by atoms with E-state index in [1.54, 1.807) is 24.2 Å².